The van der Waals surface area contributed by atoms with E-state index in [0.29, 0.717) is 0 Å². The molecule has 1 aromatic carbocycles. The Balaban J connectivity index is 2.66. The Morgan fingerprint density at radius 2 is 2.05 bits per heavy atom. The molecule has 0 fully saturated rings. The highest BCUT2D eigenvalue weighted by atomic mass is 16.6. The molecule has 8 nitrogen and oxygen atoms in total. The number of nitro groups is 1. The number of non-ortho nitro benzene ring substituents is 1. The molecule has 8 heteroatoms. The Labute approximate surface area is 128 Å². The average Bonchev–Trinajstić information content (AvgIpc) is 2.43. The van der Waals surface area contributed by atoms with Crippen molar-refractivity contribution in [1.82, 2.24) is 10.6 Å². The lowest BCUT2D eigenvalue weighted by Gasteiger charge is -2.21. The number of nitrogens with zero attached hydrogens (tertiary/aromatic N) is 1. The van der Waals surface area contributed by atoms with Crippen LogP contribution in [0.1, 0.15) is 31.1 Å². The van der Waals surface area contributed by atoms with Crippen molar-refractivity contribution in [3.05, 3.63) is 39.9 Å². The molecule has 0 aliphatic rings. The number of amides is 2. The number of benzene rings is 1. The third kappa shape index (κ3) is 5.49. The number of hydrogen-bond donors (Lipinski definition) is 3. The van der Waals surface area contributed by atoms with Gasteiger partial charge in [-0.15, -0.1) is 0 Å². The molecule has 0 aliphatic heterocycles. The summed E-state index contributed by atoms with van der Waals surface area (Å²) in [6.07, 6.45) is 0. The van der Waals surface area contributed by atoms with Gasteiger partial charge in [0.25, 0.3) is 11.6 Å². The molecule has 1 unspecified atom stereocenters. The number of nitrogens with two attached hydrogens (primary N) is 1. The molecule has 1 aromatic rings. The minimum absolute atomic E-state index is 0.119. The number of nitro benzene ring substituents is 1. The summed E-state index contributed by atoms with van der Waals surface area (Å²) in [7, 11) is 0. The van der Waals surface area contributed by atoms with Crippen LogP contribution in [0.2, 0.25) is 0 Å². The molecule has 4 N–H and O–H groups in total. The van der Waals surface area contributed by atoms with Gasteiger partial charge in [-0.1, -0.05) is 6.07 Å². The van der Waals surface area contributed by atoms with E-state index in [1.807, 2.05) is 0 Å². The predicted molar refractivity (Wildman–Crippen MR) is 81.3 cm³/mol. The number of nitrogens with one attached hydrogen (secondary N) is 2. The second-order valence-electron chi connectivity index (χ2n) is 5.71. The standard InChI is InChI=1S/C14H20N4O4/c1-9(12(19)16-8-14(2,3)15)17-13(20)10-5-4-6-11(7-10)18(21)22/h4-7,9H,8,15H2,1-3H3,(H,16,19)(H,17,20). The van der Waals surface area contributed by atoms with E-state index in [-0.39, 0.29) is 23.7 Å². The van der Waals surface area contributed by atoms with Gasteiger partial charge < -0.3 is 16.4 Å². The molecule has 1 atom stereocenters. The van der Waals surface area contributed by atoms with Crippen LogP contribution in [-0.2, 0) is 4.79 Å². The zero-order chi connectivity index (χ0) is 16.9. The molecule has 120 valence electrons. The van der Waals surface area contributed by atoms with Crippen molar-refractivity contribution < 1.29 is 14.5 Å². The second kappa shape index (κ2) is 6.99. The van der Waals surface area contributed by atoms with E-state index in [0.717, 1.165) is 6.07 Å². The van der Waals surface area contributed by atoms with E-state index in [4.69, 9.17) is 5.73 Å². The van der Waals surface area contributed by atoms with Crippen LogP contribution in [0, 0.1) is 10.1 Å². The molecule has 0 bridgehead atoms. The van der Waals surface area contributed by atoms with Gasteiger partial charge in [-0.05, 0) is 26.8 Å². The van der Waals surface area contributed by atoms with E-state index in [2.05, 4.69) is 10.6 Å². The highest BCUT2D eigenvalue weighted by molar-refractivity contribution is 5.97. The van der Waals surface area contributed by atoms with E-state index in [9.17, 15) is 19.7 Å². The largest absolute Gasteiger partial charge is 0.353 e. The maximum Gasteiger partial charge on any atom is 0.270 e. The normalized spacial score (nSPS) is 12.4. The van der Waals surface area contributed by atoms with Gasteiger partial charge >= 0.3 is 0 Å². The second-order valence-corrected chi connectivity index (χ2v) is 5.71. The molecule has 0 saturated carbocycles. The van der Waals surface area contributed by atoms with Crippen LogP contribution in [0.15, 0.2) is 24.3 Å². The summed E-state index contributed by atoms with van der Waals surface area (Å²) in [4.78, 5) is 33.9. The lowest BCUT2D eigenvalue weighted by Crippen LogP contribution is -2.51. The number of rotatable bonds is 6. The van der Waals surface area contributed by atoms with Crippen LogP contribution >= 0.6 is 0 Å². The molecule has 0 aromatic heterocycles. The van der Waals surface area contributed by atoms with Gasteiger partial charge in [0.05, 0.1) is 4.92 Å². The first-order chi connectivity index (χ1) is 10.1. The number of carbonyl (C=O) groups is 2. The summed E-state index contributed by atoms with van der Waals surface area (Å²) < 4.78 is 0. The van der Waals surface area contributed by atoms with Crippen molar-refractivity contribution in [2.24, 2.45) is 5.73 Å². The first kappa shape index (κ1) is 17.6. The van der Waals surface area contributed by atoms with Gasteiger partial charge in [0.15, 0.2) is 0 Å². The topological polar surface area (TPSA) is 127 Å². The fraction of sp³-hybridized carbons (Fsp3) is 0.429. The summed E-state index contributed by atoms with van der Waals surface area (Å²) in [5.74, 6) is -0.935. The van der Waals surface area contributed by atoms with Crippen molar-refractivity contribution in [1.29, 1.82) is 0 Å². The van der Waals surface area contributed by atoms with E-state index in [1.54, 1.807) is 13.8 Å². The van der Waals surface area contributed by atoms with Gasteiger partial charge in [-0.25, -0.2) is 0 Å². The van der Waals surface area contributed by atoms with Crippen LogP contribution < -0.4 is 16.4 Å². The van der Waals surface area contributed by atoms with Crippen LogP contribution in [0.25, 0.3) is 0 Å². The van der Waals surface area contributed by atoms with Gasteiger partial charge in [0.2, 0.25) is 5.91 Å². The highest BCUT2D eigenvalue weighted by Crippen LogP contribution is 2.13. The predicted octanol–water partition coefficient (Wildman–Crippen LogP) is 0.567. The first-order valence-corrected chi connectivity index (χ1v) is 6.72. The molecular formula is C14H20N4O4. The Bertz CT molecular complexity index is 580. The zero-order valence-corrected chi connectivity index (χ0v) is 12.8. The average molecular weight is 308 g/mol. The molecule has 1 rings (SSSR count). The quantitative estimate of drug-likeness (QED) is 0.523. The van der Waals surface area contributed by atoms with E-state index in [1.165, 1.54) is 25.1 Å². The summed E-state index contributed by atoms with van der Waals surface area (Å²) in [5, 5.41) is 15.8. The fourth-order valence-corrected chi connectivity index (χ4v) is 1.57. The SMILES string of the molecule is CC(NC(=O)c1cccc([N+](=O)[O-])c1)C(=O)NCC(C)(C)N. The Morgan fingerprint density at radius 1 is 1.41 bits per heavy atom. The van der Waals surface area contributed by atoms with Crippen molar-refractivity contribution in [3.63, 3.8) is 0 Å². The highest BCUT2D eigenvalue weighted by Gasteiger charge is 2.20. The summed E-state index contributed by atoms with van der Waals surface area (Å²) in [6.45, 7) is 5.32. The van der Waals surface area contributed by atoms with Crippen LogP contribution in [0.5, 0.6) is 0 Å². The fourth-order valence-electron chi connectivity index (χ4n) is 1.57. The van der Waals surface area contributed by atoms with Crippen molar-refractivity contribution >= 4 is 17.5 Å². The van der Waals surface area contributed by atoms with Crippen LogP contribution in [0.4, 0.5) is 5.69 Å². The number of carbonyl (C=O) groups excluding carboxylic acids is 2. The molecule has 22 heavy (non-hydrogen) atoms. The van der Waals surface area contributed by atoms with Gasteiger partial charge in [0, 0.05) is 29.8 Å². The summed E-state index contributed by atoms with van der Waals surface area (Å²) >= 11 is 0. The lowest BCUT2D eigenvalue weighted by molar-refractivity contribution is -0.384. The molecule has 0 heterocycles. The van der Waals surface area contributed by atoms with Crippen molar-refractivity contribution in [2.45, 2.75) is 32.4 Å². The molecule has 2 amide bonds. The summed E-state index contributed by atoms with van der Waals surface area (Å²) in [6, 6.07) is 4.51. The van der Waals surface area contributed by atoms with Crippen molar-refractivity contribution in [3.8, 4) is 0 Å². The monoisotopic (exact) mass is 308 g/mol. The third-order valence-electron chi connectivity index (χ3n) is 2.78. The summed E-state index contributed by atoms with van der Waals surface area (Å²) in [5.41, 5.74) is 5.13. The van der Waals surface area contributed by atoms with Gasteiger partial charge in [-0.3, -0.25) is 19.7 Å². The van der Waals surface area contributed by atoms with Gasteiger partial charge in [0.1, 0.15) is 6.04 Å². The molecule has 0 spiro atoms. The minimum atomic E-state index is -0.783. The van der Waals surface area contributed by atoms with Gasteiger partial charge in [-0.2, -0.15) is 0 Å². The molecule has 0 aliphatic carbocycles. The Morgan fingerprint density at radius 3 is 2.59 bits per heavy atom. The number of hydrogen-bond acceptors (Lipinski definition) is 5. The Kier molecular flexibility index (Phi) is 5.58. The molecule has 0 saturated heterocycles. The van der Waals surface area contributed by atoms with Crippen LogP contribution in [-0.4, -0.2) is 34.9 Å². The van der Waals surface area contributed by atoms with E-state index >= 15 is 0 Å². The molecule has 0 radical (unpaired) electrons. The zero-order valence-electron chi connectivity index (χ0n) is 12.8. The first-order valence-electron chi connectivity index (χ1n) is 6.72. The maximum atomic E-state index is 12.0. The van der Waals surface area contributed by atoms with Crippen molar-refractivity contribution in [2.75, 3.05) is 6.54 Å². The van der Waals surface area contributed by atoms with E-state index < -0.39 is 22.4 Å². The maximum absolute atomic E-state index is 12.0. The Hall–Kier alpha value is -2.48. The molecular weight excluding hydrogens is 288 g/mol. The lowest BCUT2D eigenvalue weighted by atomic mass is 10.1. The van der Waals surface area contributed by atoms with Crippen LogP contribution in [0.3, 0.4) is 0 Å². The minimum Gasteiger partial charge on any atom is -0.353 e. The third-order valence-corrected chi connectivity index (χ3v) is 2.78. The smallest absolute Gasteiger partial charge is 0.270 e.